The molecule has 1 N–H and O–H groups in total. The molecule has 2 aliphatic rings. The van der Waals surface area contributed by atoms with Crippen molar-refractivity contribution in [2.45, 2.75) is 57.6 Å². The Morgan fingerprint density at radius 1 is 1.03 bits per heavy atom. The number of amides is 2. The quantitative estimate of drug-likeness (QED) is 0.731. The molecule has 1 aliphatic heterocycles. The topological polar surface area (TPSA) is 67.9 Å². The minimum Gasteiger partial charge on any atom is -0.490 e. The molecule has 6 nitrogen and oxygen atoms in total. The molecular formula is C22H30F2N2O4. The molecule has 0 atom stereocenters. The van der Waals surface area contributed by atoms with Gasteiger partial charge in [0.05, 0.1) is 6.10 Å². The molecule has 0 spiro atoms. The largest absolute Gasteiger partial charge is 0.490 e. The molecule has 1 saturated heterocycles. The Hall–Kier alpha value is -2.22. The Labute approximate surface area is 175 Å². The van der Waals surface area contributed by atoms with Crippen molar-refractivity contribution in [3.63, 3.8) is 0 Å². The van der Waals surface area contributed by atoms with Gasteiger partial charge in [0.15, 0.2) is 0 Å². The van der Waals surface area contributed by atoms with Crippen LogP contribution in [0.15, 0.2) is 18.2 Å². The molecule has 2 fully saturated rings. The molecular weight excluding hydrogens is 394 g/mol. The van der Waals surface area contributed by atoms with E-state index in [-0.39, 0.29) is 42.2 Å². The lowest BCUT2D eigenvalue weighted by atomic mass is 9.91. The first-order valence-electron chi connectivity index (χ1n) is 10.7. The molecule has 3 rings (SSSR count). The van der Waals surface area contributed by atoms with E-state index in [1.54, 1.807) is 4.90 Å². The fourth-order valence-electron chi connectivity index (χ4n) is 4.10. The van der Waals surface area contributed by atoms with Crippen LogP contribution < -0.4 is 10.1 Å². The van der Waals surface area contributed by atoms with E-state index in [9.17, 15) is 18.4 Å². The third-order valence-corrected chi connectivity index (χ3v) is 5.81. The van der Waals surface area contributed by atoms with Crippen molar-refractivity contribution < 1.29 is 27.8 Å². The summed E-state index contributed by atoms with van der Waals surface area (Å²) >= 11 is 0. The van der Waals surface area contributed by atoms with Crippen LogP contribution in [0.3, 0.4) is 0 Å². The van der Waals surface area contributed by atoms with Gasteiger partial charge in [-0.2, -0.15) is 0 Å². The Morgan fingerprint density at radius 2 is 1.67 bits per heavy atom. The highest BCUT2D eigenvalue weighted by molar-refractivity contribution is 5.80. The van der Waals surface area contributed by atoms with Crippen molar-refractivity contribution >= 4 is 11.8 Å². The molecule has 0 bridgehead atoms. The number of piperidine rings is 1. The van der Waals surface area contributed by atoms with Gasteiger partial charge in [-0.25, -0.2) is 8.78 Å². The number of hydrogen-bond donors (Lipinski definition) is 1. The number of hydrogen-bond acceptors (Lipinski definition) is 4. The number of nitrogens with zero attached hydrogens (tertiary/aromatic N) is 1. The van der Waals surface area contributed by atoms with Crippen LogP contribution in [0, 0.1) is 17.6 Å². The Bertz CT molecular complexity index is 710. The van der Waals surface area contributed by atoms with Crippen molar-refractivity contribution in [1.82, 2.24) is 10.2 Å². The van der Waals surface area contributed by atoms with Crippen LogP contribution in [0.25, 0.3) is 0 Å². The number of benzene rings is 1. The molecule has 30 heavy (non-hydrogen) atoms. The SMILES string of the molecule is CCOCC(=O)N1CCC(C(=O)NC2CCC(Oc3cc(F)cc(F)c3)CC2)CC1. The number of carbonyl (C=O) groups is 2. The second-order valence-electron chi connectivity index (χ2n) is 8.00. The predicted molar refractivity (Wildman–Crippen MR) is 107 cm³/mol. The Morgan fingerprint density at radius 3 is 2.27 bits per heavy atom. The van der Waals surface area contributed by atoms with E-state index in [0.29, 0.717) is 45.4 Å². The van der Waals surface area contributed by atoms with E-state index in [2.05, 4.69) is 5.32 Å². The van der Waals surface area contributed by atoms with Crippen LogP contribution in [0.5, 0.6) is 5.75 Å². The van der Waals surface area contributed by atoms with Gasteiger partial charge in [-0.15, -0.1) is 0 Å². The lowest BCUT2D eigenvalue weighted by Gasteiger charge is -2.34. The zero-order chi connectivity index (χ0) is 21.5. The molecule has 0 radical (unpaired) electrons. The number of ether oxygens (including phenoxy) is 2. The predicted octanol–water partition coefficient (Wildman–Crippen LogP) is 3.05. The molecule has 0 aromatic heterocycles. The van der Waals surface area contributed by atoms with Crippen LogP contribution in [0.1, 0.15) is 45.4 Å². The molecule has 1 saturated carbocycles. The minimum atomic E-state index is -0.656. The summed E-state index contributed by atoms with van der Waals surface area (Å²) in [4.78, 5) is 26.4. The molecule has 1 aromatic carbocycles. The number of nitrogens with one attached hydrogen (secondary N) is 1. The first-order chi connectivity index (χ1) is 14.4. The Balaban J connectivity index is 1.38. The van der Waals surface area contributed by atoms with Gasteiger partial charge in [-0.1, -0.05) is 0 Å². The van der Waals surface area contributed by atoms with Crippen LogP contribution in [-0.2, 0) is 14.3 Å². The van der Waals surface area contributed by atoms with E-state index in [4.69, 9.17) is 9.47 Å². The molecule has 8 heteroatoms. The van der Waals surface area contributed by atoms with Crippen LogP contribution in [0.2, 0.25) is 0 Å². The van der Waals surface area contributed by atoms with Crippen molar-refractivity contribution in [3.8, 4) is 5.75 Å². The summed E-state index contributed by atoms with van der Waals surface area (Å²) in [5.74, 6) is -1.17. The second-order valence-corrected chi connectivity index (χ2v) is 8.00. The maximum atomic E-state index is 13.3. The summed E-state index contributed by atoms with van der Waals surface area (Å²) in [6.45, 7) is 3.62. The minimum absolute atomic E-state index is 0.0211. The van der Waals surface area contributed by atoms with E-state index in [1.807, 2.05) is 6.92 Å². The van der Waals surface area contributed by atoms with Crippen LogP contribution >= 0.6 is 0 Å². The fourth-order valence-corrected chi connectivity index (χ4v) is 4.10. The highest BCUT2D eigenvalue weighted by Crippen LogP contribution is 2.26. The van der Waals surface area contributed by atoms with Crippen molar-refractivity contribution in [2.24, 2.45) is 5.92 Å². The lowest BCUT2D eigenvalue weighted by molar-refractivity contribution is -0.139. The average Bonchev–Trinajstić information content (AvgIpc) is 2.73. The van der Waals surface area contributed by atoms with E-state index >= 15 is 0 Å². The third kappa shape index (κ3) is 6.39. The van der Waals surface area contributed by atoms with Gasteiger partial charge in [0.1, 0.15) is 24.0 Å². The zero-order valence-electron chi connectivity index (χ0n) is 17.4. The van der Waals surface area contributed by atoms with Crippen LogP contribution in [-0.4, -0.2) is 55.2 Å². The smallest absolute Gasteiger partial charge is 0.248 e. The van der Waals surface area contributed by atoms with Gasteiger partial charge < -0.3 is 19.7 Å². The summed E-state index contributed by atoms with van der Waals surface area (Å²) < 4.78 is 37.5. The van der Waals surface area contributed by atoms with Gasteiger partial charge >= 0.3 is 0 Å². The Kier molecular flexibility index (Phi) is 8.01. The number of carbonyl (C=O) groups excluding carboxylic acids is 2. The summed E-state index contributed by atoms with van der Waals surface area (Å²) in [5.41, 5.74) is 0. The number of rotatable bonds is 7. The first kappa shape index (κ1) is 22.5. The van der Waals surface area contributed by atoms with Crippen LogP contribution in [0.4, 0.5) is 8.78 Å². The second kappa shape index (κ2) is 10.7. The lowest BCUT2D eigenvalue weighted by Crippen LogP contribution is -2.47. The molecule has 1 heterocycles. The third-order valence-electron chi connectivity index (χ3n) is 5.81. The molecule has 166 valence electrons. The maximum absolute atomic E-state index is 13.3. The molecule has 1 aliphatic carbocycles. The van der Waals surface area contributed by atoms with E-state index in [1.165, 1.54) is 12.1 Å². The van der Waals surface area contributed by atoms with Gasteiger partial charge in [0.25, 0.3) is 0 Å². The molecule has 1 aromatic rings. The van der Waals surface area contributed by atoms with Gasteiger partial charge in [-0.05, 0) is 45.4 Å². The summed E-state index contributed by atoms with van der Waals surface area (Å²) in [7, 11) is 0. The van der Waals surface area contributed by atoms with Gasteiger partial charge in [0.2, 0.25) is 11.8 Å². The molecule has 0 unspecified atom stereocenters. The monoisotopic (exact) mass is 424 g/mol. The van der Waals surface area contributed by atoms with Gasteiger partial charge in [-0.3, -0.25) is 9.59 Å². The summed E-state index contributed by atoms with van der Waals surface area (Å²) in [6.07, 6.45) is 4.17. The highest BCUT2D eigenvalue weighted by Gasteiger charge is 2.30. The standard InChI is InChI=1S/C22H30F2N2O4/c1-2-29-14-21(27)26-9-7-15(8-10-26)22(28)25-18-3-5-19(6-4-18)30-20-12-16(23)11-17(24)13-20/h11-13,15,18-19H,2-10,14H2,1H3,(H,25,28). The van der Waals surface area contributed by atoms with E-state index < -0.39 is 11.6 Å². The summed E-state index contributed by atoms with van der Waals surface area (Å²) in [6, 6.07) is 3.27. The normalized spacial score (nSPS) is 22.6. The average molecular weight is 424 g/mol. The van der Waals surface area contributed by atoms with Crippen molar-refractivity contribution in [3.05, 3.63) is 29.8 Å². The first-order valence-corrected chi connectivity index (χ1v) is 10.7. The molecule has 2 amide bonds. The van der Waals surface area contributed by atoms with Crippen molar-refractivity contribution in [2.75, 3.05) is 26.3 Å². The van der Waals surface area contributed by atoms with Gasteiger partial charge in [0, 0.05) is 49.9 Å². The summed E-state index contributed by atoms with van der Waals surface area (Å²) in [5, 5.41) is 3.13. The number of halogens is 2. The number of likely N-dealkylation sites (tertiary alicyclic amines) is 1. The fraction of sp³-hybridized carbons (Fsp3) is 0.636. The highest BCUT2D eigenvalue weighted by atomic mass is 19.1. The van der Waals surface area contributed by atoms with E-state index in [0.717, 1.165) is 18.9 Å². The van der Waals surface area contributed by atoms with Crippen molar-refractivity contribution in [1.29, 1.82) is 0 Å². The zero-order valence-corrected chi connectivity index (χ0v) is 17.4. The maximum Gasteiger partial charge on any atom is 0.248 e.